The predicted octanol–water partition coefficient (Wildman–Crippen LogP) is 1.06. The van der Waals surface area contributed by atoms with Gasteiger partial charge in [0.25, 0.3) is 0 Å². The summed E-state index contributed by atoms with van der Waals surface area (Å²) in [6.45, 7) is 0.288. The molecule has 0 saturated heterocycles. The van der Waals surface area contributed by atoms with E-state index < -0.39 is 12.6 Å². The molecule has 1 aliphatic heterocycles. The molecule has 1 aromatic rings. The lowest BCUT2D eigenvalue weighted by Gasteiger charge is -1.99. The third-order valence-electron chi connectivity index (χ3n) is 2.18. The number of fused-ring (bicyclic) bond motifs is 1. The van der Waals surface area contributed by atoms with Crippen LogP contribution in [0.3, 0.4) is 0 Å². The maximum atomic E-state index is 10.1. The zero-order chi connectivity index (χ0) is 11.4. The molecule has 0 atom stereocenters. The van der Waals surface area contributed by atoms with Crippen molar-refractivity contribution in [2.24, 2.45) is 5.16 Å². The van der Waals surface area contributed by atoms with Crippen molar-refractivity contribution < 1.29 is 19.5 Å². The van der Waals surface area contributed by atoms with Gasteiger partial charge in [-0.05, 0) is 29.3 Å². The zero-order valence-corrected chi connectivity index (χ0v) is 8.55. The lowest BCUT2D eigenvalue weighted by Crippen LogP contribution is -2.03. The minimum atomic E-state index is -1.04. The van der Waals surface area contributed by atoms with Crippen molar-refractivity contribution in [3.63, 3.8) is 0 Å². The van der Waals surface area contributed by atoms with E-state index in [-0.39, 0.29) is 0 Å². The lowest BCUT2D eigenvalue weighted by molar-refractivity contribution is -0.142. The van der Waals surface area contributed by atoms with Crippen LogP contribution in [0.2, 0.25) is 0 Å². The van der Waals surface area contributed by atoms with Crippen LogP contribution in [0.1, 0.15) is 11.1 Å². The molecule has 0 bridgehead atoms. The molecule has 1 heterocycles. The quantitative estimate of drug-likeness (QED) is 0.609. The summed E-state index contributed by atoms with van der Waals surface area (Å²) in [5.74, 6) is -0.136. The molecule has 0 aliphatic carbocycles. The van der Waals surface area contributed by atoms with E-state index in [4.69, 9.17) is 9.84 Å². The highest BCUT2D eigenvalue weighted by molar-refractivity contribution is 5.80. The Hall–Kier alpha value is -2.04. The predicted molar refractivity (Wildman–Crippen MR) is 56.8 cm³/mol. The highest BCUT2D eigenvalue weighted by atomic mass is 16.6. The lowest BCUT2D eigenvalue weighted by atomic mass is 10.1. The van der Waals surface area contributed by atoms with E-state index in [1.54, 1.807) is 0 Å². The average Bonchev–Trinajstić information content (AvgIpc) is 2.71. The topological polar surface area (TPSA) is 68.1 Å². The highest BCUT2D eigenvalue weighted by Gasteiger charge is 2.11. The van der Waals surface area contributed by atoms with Crippen molar-refractivity contribution in [1.29, 1.82) is 0 Å². The number of ether oxygens (including phenoxy) is 1. The third-order valence-corrected chi connectivity index (χ3v) is 2.18. The number of benzene rings is 1. The molecule has 0 radical (unpaired) electrons. The molecule has 1 N–H and O–H groups in total. The molecule has 0 amide bonds. The molecular formula is C11H11NO4. The van der Waals surface area contributed by atoms with E-state index in [0.717, 1.165) is 23.3 Å². The fourth-order valence-electron chi connectivity index (χ4n) is 1.48. The van der Waals surface area contributed by atoms with E-state index in [2.05, 4.69) is 9.99 Å². The first-order valence-electron chi connectivity index (χ1n) is 4.88. The molecule has 2 rings (SSSR count). The van der Waals surface area contributed by atoms with Crippen LogP contribution in [-0.2, 0) is 16.1 Å². The molecule has 84 valence electrons. The number of aliphatic carboxylic acids is 1. The number of hydrogen-bond acceptors (Lipinski definition) is 4. The second-order valence-corrected chi connectivity index (χ2v) is 3.37. The molecule has 0 unspecified atom stereocenters. The van der Waals surface area contributed by atoms with Gasteiger partial charge < -0.3 is 14.7 Å². The molecule has 1 aromatic carbocycles. The monoisotopic (exact) mass is 221 g/mol. The average molecular weight is 221 g/mol. The third kappa shape index (κ3) is 2.50. The largest absolute Gasteiger partial charge is 0.493 e. The molecular weight excluding hydrogens is 210 g/mol. The van der Waals surface area contributed by atoms with Crippen LogP contribution in [0.4, 0.5) is 0 Å². The number of rotatable bonds is 4. The number of oxime groups is 1. The van der Waals surface area contributed by atoms with Crippen LogP contribution in [0.5, 0.6) is 5.75 Å². The first-order valence-corrected chi connectivity index (χ1v) is 4.88. The van der Waals surface area contributed by atoms with Gasteiger partial charge in [-0.1, -0.05) is 5.16 Å². The Morgan fingerprint density at radius 3 is 3.31 bits per heavy atom. The molecule has 5 nitrogen and oxygen atoms in total. The second kappa shape index (κ2) is 4.65. The van der Waals surface area contributed by atoms with Crippen LogP contribution in [-0.4, -0.2) is 30.5 Å². The van der Waals surface area contributed by atoms with Gasteiger partial charge in [0.05, 0.1) is 12.8 Å². The van der Waals surface area contributed by atoms with Crippen LogP contribution in [0, 0.1) is 0 Å². The summed E-state index contributed by atoms with van der Waals surface area (Å²) >= 11 is 0. The Balaban J connectivity index is 1.97. The van der Waals surface area contributed by atoms with Crippen molar-refractivity contribution in [1.82, 2.24) is 0 Å². The van der Waals surface area contributed by atoms with Gasteiger partial charge in [-0.2, -0.15) is 0 Å². The Kier molecular flexibility index (Phi) is 3.05. The van der Waals surface area contributed by atoms with Crippen LogP contribution >= 0.6 is 0 Å². The van der Waals surface area contributed by atoms with E-state index >= 15 is 0 Å². The fourth-order valence-corrected chi connectivity index (χ4v) is 1.48. The van der Waals surface area contributed by atoms with Crippen molar-refractivity contribution in [2.45, 2.75) is 6.42 Å². The number of carboxylic acids is 1. The first-order chi connectivity index (χ1) is 7.75. The van der Waals surface area contributed by atoms with Crippen LogP contribution in [0.15, 0.2) is 23.4 Å². The molecule has 0 fully saturated rings. The van der Waals surface area contributed by atoms with Gasteiger partial charge in [0, 0.05) is 6.42 Å². The van der Waals surface area contributed by atoms with E-state index in [0.29, 0.717) is 6.61 Å². The Morgan fingerprint density at radius 2 is 2.50 bits per heavy atom. The van der Waals surface area contributed by atoms with Gasteiger partial charge in [0.15, 0.2) is 0 Å². The summed E-state index contributed by atoms with van der Waals surface area (Å²) in [4.78, 5) is 14.7. The van der Waals surface area contributed by atoms with Crippen molar-refractivity contribution in [3.8, 4) is 5.75 Å². The summed E-state index contributed by atoms with van der Waals surface area (Å²) < 4.78 is 5.36. The van der Waals surface area contributed by atoms with Gasteiger partial charge in [0.1, 0.15) is 5.75 Å². The molecule has 5 heteroatoms. The summed E-state index contributed by atoms with van der Waals surface area (Å²) in [7, 11) is 0. The summed E-state index contributed by atoms with van der Waals surface area (Å²) in [5, 5.41) is 11.9. The van der Waals surface area contributed by atoms with Gasteiger partial charge in [0.2, 0.25) is 6.61 Å². The zero-order valence-electron chi connectivity index (χ0n) is 8.55. The van der Waals surface area contributed by atoms with E-state index in [1.165, 1.54) is 6.21 Å². The van der Waals surface area contributed by atoms with Gasteiger partial charge in [-0.15, -0.1) is 0 Å². The molecule has 16 heavy (non-hydrogen) atoms. The minimum Gasteiger partial charge on any atom is -0.493 e. The maximum Gasteiger partial charge on any atom is 0.344 e. The van der Waals surface area contributed by atoms with Crippen molar-refractivity contribution >= 4 is 12.2 Å². The van der Waals surface area contributed by atoms with Crippen molar-refractivity contribution in [3.05, 3.63) is 29.3 Å². The molecule has 0 aromatic heterocycles. The number of hydrogen-bond donors (Lipinski definition) is 1. The van der Waals surface area contributed by atoms with Gasteiger partial charge in [-0.3, -0.25) is 0 Å². The number of carboxylic acid groups (broad SMARTS) is 1. The van der Waals surface area contributed by atoms with Crippen molar-refractivity contribution in [2.75, 3.05) is 13.2 Å². The van der Waals surface area contributed by atoms with Gasteiger partial charge in [-0.25, -0.2) is 4.79 Å². The second-order valence-electron chi connectivity index (χ2n) is 3.37. The number of carbonyl (C=O) groups is 1. The van der Waals surface area contributed by atoms with E-state index in [9.17, 15) is 4.79 Å². The number of nitrogens with zero attached hydrogens (tertiary/aromatic N) is 1. The van der Waals surface area contributed by atoms with Gasteiger partial charge >= 0.3 is 5.97 Å². The summed E-state index contributed by atoms with van der Waals surface area (Å²) in [6.07, 6.45) is 2.38. The first kappa shape index (κ1) is 10.5. The molecule has 0 saturated carbocycles. The Morgan fingerprint density at radius 1 is 1.62 bits per heavy atom. The highest BCUT2D eigenvalue weighted by Crippen LogP contribution is 2.25. The summed E-state index contributed by atoms with van der Waals surface area (Å²) in [5.41, 5.74) is 2.01. The summed E-state index contributed by atoms with van der Waals surface area (Å²) in [6, 6.07) is 5.68. The normalized spacial score (nSPS) is 13.5. The van der Waals surface area contributed by atoms with Crippen LogP contribution < -0.4 is 4.74 Å². The molecule has 1 aliphatic rings. The SMILES string of the molecule is O=C(O)CON=Cc1ccc2c(c1)CCO2. The Labute approximate surface area is 92.3 Å². The fraction of sp³-hybridized carbons (Fsp3) is 0.273. The minimum absolute atomic E-state index is 0.426. The Bertz CT molecular complexity index is 428. The standard InChI is InChI=1S/C11H11NO4/c13-11(14)7-16-12-6-8-1-2-10-9(5-8)3-4-15-10/h1-2,5-6H,3-4,7H2,(H,13,14). The van der Waals surface area contributed by atoms with Crippen LogP contribution in [0.25, 0.3) is 0 Å². The smallest absolute Gasteiger partial charge is 0.344 e. The maximum absolute atomic E-state index is 10.1. The van der Waals surface area contributed by atoms with E-state index in [1.807, 2.05) is 18.2 Å². The molecule has 0 spiro atoms.